The molecule has 2 unspecified atom stereocenters. The molecule has 21 heavy (non-hydrogen) atoms. The van der Waals surface area contributed by atoms with Crippen LogP contribution in [0.4, 0.5) is 4.79 Å². The van der Waals surface area contributed by atoms with E-state index < -0.39 is 24.1 Å². The van der Waals surface area contributed by atoms with E-state index >= 15 is 0 Å². The number of carbonyl (C=O) groups is 3. The number of hydrogen-bond acceptors (Lipinski definition) is 3. The van der Waals surface area contributed by atoms with E-state index in [1.54, 1.807) is 11.8 Å². The highest BCUT2D eigenvalue weighted by molar-refractivity contribution is 5.88. The van der Waals surface area contributed by atoms with Crippen LogP contribution in [0, 0.1) is 0 Å². The maximum absolute atomic E-state index is 12.0. The Kier molecular flexibility index (Phi) is 9.16. The summed E-state index contributed by atoms with van der Waals surface area (Å²) >= 11 is 0. The number of rotatable bonds is 9. The van der Waals surface area contributed by atoms with E-state index in [1.165, 1.54) is 0 Å². The molecule has 0 aromatic heterocycles. The second-order valence-corrected chi connectivity index (χ2v) is 4.88. The fraction of sp³-hybridized carbons (Fsp3) is 0.786. The number of nitrogens with zero attached hydrogens (tertiary/aromatic N) is 1. The number of nitrogens with one attached hydrogen (secondary N) is 2. The minimum atomic E-state index is -1.07. The number of aliphatic carboxylic acids is 1. The normalized spacial score (nSPS) is 13.1. The lowest BCUT2D eigenvalue weighted by atomic mass is 10.1. The first-order chi connectivity index (χ1) is 9.87. The number of carboxylic acids is 1. The van der Waals surface area contributed by atoms with Crippen molar-refractivity contribution in [3.8, 4) is 0 Å². The first-order valence-electron chi connectivity index (χ1n) is 7.45. The van der Waals surface area contributed by atoms with Crippen molar-refractivity contribution in [2.45, 2.75) is 59.0 Å². The molecule has 0 radical (unpaired) electrons. The van der Waals surface area contributed by atoms with Crippen molar-refractivity contribution < 1.29 is 19.5 Å². The predicted octanol–water partition coefficient (Wildman–Crippen LogP) is 1.19. The van der Waals surface area contributed by atoms with Gasteiger partial charge in [0.2, 0.25) is 5.91 Å². The van der Waals surface area contributed by atoms with Crippen LogP contribution in [0.2, 0.25) is 0 Å². The van der Waals surface area contributed by atoms with Gasteiger partial charge in [0.15, 0.2) is 0 Å². The highest BCUT2D eigenvalue weighted by atomic mass is 16.4. The second-order valence-electron chi connectivity index (χ2n) is 4.88. The lowest BCUT2D eigenvalue weighted by molar-refractivity contribution is -0.139. The molecule has 0 saturated heterocycles. The quantitative estimate of drug-likeness (QED) is 0.595. The number of unbranched alkanes of at least 4 members (excludes halogenated alkanes) is 1. The van der Waals surface area contributed by atoms with Gasteiger partial charge < -0.3 is 20.6 Å². The number of carboxylic acid groups (broad SMARTS) is 1. The first-order valence-corrected chi connectivity index (χ1v) is 7.45. The Balaban J connectivity index is 4.45. The molecule has 0 saturated carbocycles. The Labute approximate surface area is 126 Å². The molecule has 0 fully saturated rings. The minimum Gasteiger partial charge on any atom is -0.480 e. The first kappa shape index (κ1) is 19.2. The van der Waals surface area contributed by atoms with Gasteiger partial charge in [0.25, 0.3) is 0 Å². The van der Waals surface area contributed by atoms with Gasteiger partial charge >= 0.3 is 12.0 Å². The zero-order chi connectivity index (χ0) is 16.4. The van der Waals surface area contributed by atoms with Gasteiger partial charge in [-0.05, 0) is 27.2 Å². The van der Waals surface area contributed by atoms with Crippen molar-refractivity contribution in [2.24, 2.45) is 0 Å². The Hall–Kier alpha value is -1.79. The average Bonchev–Trinajstić information content (AvgIpc) is 2.44. The standard InChI is InChI=1S/C14H27N3O4/c1-5-8-9-11(13(19)20)16-14(21)15-10(4)12(18)17(6-2)7-3/h10-11H,5-9H2,1-4H3,(H,19,20)(H2,15,16,21). The molecule has 2 atom stereocenters. The van der Waals surface area contributed by atoms with Gasteiger partial charge in [-0.1, -0.05) is 19.8 Å². The molecule has 7 heteroatoms. The van der Waals surface area contributed by atoms with Crippen molar-refractivity contribution in [2.75, 3.05) is 13.1 Å². The molecule has 0 aliphatic heterocycles. The number of likely N-dealkylation sites (N-methyl/N-ethyl adjacent to an activating group) is 1. The second kappa shape index (κ2) is 10.0. The highest BCUT2D eigenvalue weighted by Gasteiger charge is 2.23. The molecule has 0 aliphatic rings. The van der Waals surface area contributed by atoms with Crippen LogP contribution in [0.3, 0.4) is 0 Å². The van der Waals surface area contributed by atoms with Crippen LogP contribution in [-0.2, 0) is 9.59 Å². The fourth-order valence-electron chi connectivity index (χ4n) is 1.93. The lowest BCUT2D eigenvalue weighted by Crippen LogP contribution is -2.53. The maximum Gasteiger partial charge on any atom is 0.326 e. The zero-order valence-corrected chi connectivity index (χ0v) is 13.3. The molecule has 0 aromatic rings. The predicted molar refractivity (Wildman–Crippen MR) is 80.0 cm³/mol. The van der Waals surface area contributed by atoms with E-state index in [2.05, 4.69) is 10.6 Å². The minimum absolute atomic E-state index is 0.185. The molecule has 0 aliphatic carbocycles. The summed E-state index contributed by atoms with van der Waals surface area (Å²) in [6, 6.07) is -2.25. The van der Waals surface area contributed by atoms with Crippen LogP contribution in [0.25, 0.3) is 0 Å². The van der Waals surface area contributed by atoms with Gasteiger partial charge in [-0.25, -0.2) is 9.59 Å². The van der Waals surface area contributed by atoms with E-state index in [-0.39, 0.29) is 5.91 Å². The van der Waals surface area contributed by atoms with Crippen LogP contribution in [0.15, 0.2) is 0 Å². The summed E-state index contributed by atoms with van der Waals surface area (Å²) in [6.45, 7) is 8.39. The molecule has 0 heterocycles. The molecule has 0 bridgehead atoms. The summed E-state index contributed by atoms with van der Waals surface area (Å²) in [5.41, 5.74) is 0. The highest BCUT2D eigenvalue weighted by Crippen LogP contribution is 2.01. The van der Waals surface area contributed by atoms with Crippen molar-refractivity contribution >= 4 is 17.9 Å². The van der Waals surface area contributed by atoms with Crippen LogP contribution in [-0.4, -0.2) is 53.1 Å². The van der Waals surface area contributed by atoms with Crippen molar-refractivity contribution in [3.63, 3.8) is 0 Å². The molecule has 0 rings (SSSR count). The van der Waals surface area contributed by atoms with E-state index in [9.17, 15) is 14.4 Å². The van der Waals surface area contributed by atoms with Gasteiger partial charge in [0.05, 0.1) is 0 Å². The van der Waals surface area contributed by atoms with E-state index in [4.69, 9.17) is 5.11 Å². The zero-order valence-electron chi connectivity index (χ0n) is 13.3. The van der Waals surface area contributed by atoms with Crippen LogP contribution < -0.4 is 10.6 Å². The summed E-state index contributed by atoms with van der Waals surface area (Å²) in [6.07, 6.45) is 1.94. The Morgan fingerprint density at radius 3 is 2.10 bits per heavy atom. The van der Waals surface area contributed by atoms with Gasteiger partial charge in [-0.2, -0.15) is 0 Å². The smallest absolute Gasteiger partial charge is 0.326 e. The molecule has 3 amide bonds. The summed E-state index contributed by atoms with van der Waals surface area (Å²) in [4.78, 5) is 36.4. The number of urea groups is 1. The van der Waals surface area contributed by atoms with E-state index in [1.807, 2.05) is 20.8 Å². The Bertz CT molecular complexity index is 356. The van der Waals surface area contributed by atoms with Gasteiger partial charge in [-0.15, -0.1) is 0 Å². The van der Waals surface area contributed by atoms with Gasteiger partial charge in [-0.3, -0.25) is 4.79 Å². The number of hydrogen-bond donors (Lipinski definition) is 3. The SMILES string of the molecule is CCCCC(NC(=O)NC(C)C(=O)N(CC)CC)C(=O)O. The molecule has 7 nitrogen and oxygen atoms in total. The molecule has 0 spiro atoms. The van der Waals surface area contributed by atoms with Crippen LogP contribution in [0.1, 0.15) is 47.0 Å². The molecular formula is C14H27N3O4. The van der Waals surface area contributed by atoms with Crippen LogP contribution in [0.5, 0.6) is 0 Å². The van der Waals surface area contributed by atoms with E-state index in [0.29, 0.717) is 25.9 Å². The third-order valence-electron chi connectivity index (χ3n) is 3.24. The Morgan fingerprint density at radius 1 is 1.10 bits per heavy atom. The molecular weight excluding hydrogens is 274 g/mol. The Morgan fingerprint density at radius 2 is 1.67 bits per heavy atom. The van der Waals surface area contributed by atoms with Gasteiger partial charge in [0.1, 0.15) is 12.1 Å². The number of carbonyl (C=O) groups excluding carboxylic acids is 2. The third kappa shape index (κ3) is 6.97. The summed E-state index contributed by atoms with van der Waals surface area (Å²) in [7, 11) is 0. The van der Waals surface area contributed by atoms with Crippen molar-refractivity contribution in [3.05, 3.63) is 0 Å². The van der Waals surface area contributed by atoms with Crippen molar-refractivity contribution in [1.82, 2.24) is 15.5 Å². The fourth-order valence-corrected chi connectivity index (χ4v) is 1.93. The van der Waals surface area contributed by atoms with Crippen LogP contribution >= 0.6 is 0 Å². The summed E-state index contributed by atoms with van der Waals surface area (Å²) < 4.78 is 0. The maximum atomic E-state index is 12.0. The topological polar surface area (TPSA) is 98.7 Å². The molecule has 0 aromatic carbocycles. The summed E-state index contributed by atoms with van der Waals surface area (Å²) in [5.74, 6) is -1.25. The van der Waals surface area contributed by atoms with E-state index in [0.717, 1.165) is 6.42 Å². The lowest BCUT2D eigenvalue weighted by Gasteiger charge is -2.24. The monoisotopic (exact) mass is 301 g/mol. The summed E-state index contributed by atoms with van der Waals surface area (Å²) in [5, 5.41) is 13.9. The van der Waals surface area contributed by atoms with Gasteiger partial charge in [0, 0.05) is 13.1 Å². The largest absolute Gasteiger partial charge is 0.480 e. The number of amides is 3. The molecule has 122 valence electrons. The average molecular weight is 301 g/mol. The molecule has 3 N–H and O–H groups in total. The third-order valence-corrected chi connectivity index (χ3v) is 3.24. The van der Waals surface area contributed by atoms with Crippen molar-refractivity contribution in [1.29, 1.82) is 0 Å².